The molecule has 112 valence electrons. The lowest BCUT2D eigenvalue weighted by Gasteiger charge is -2.21. The van der Waals surface area contributed by atoms with Crippen LogP contribution in [-0.4, -0.2) is 36.9 Å². The van der Waals surface area contributed by atoms with Gasteiger partial charge in [-0.15, -0.1) is 0 Å². The average molecular weight is 281 g/mol. The Kier molecular flexibility index (Phi) is 5.76. The van der Waals surface area contributed by atoms with Crippen LogP contribution in [0.15, 0.2) is 18.3 Å². The molecule has 1 amide bonds. The maximum absolute atomic E-state index is 11.6. The first-order valence-electron chi connectivity index (χ1n) is 6.52. The predicted octanol–water partition coefficient (Wildman–Crippen LogP) is 1.66. The summed E-state index contributed by atoms with van der Waals surface area (Å²) in [6.45, 7) is 6.27. The number of hydrogen-bond donors (Lipinski definition) is 2. The number of ether oxygens (including phenoxy) is 2. The molecule has 1 atom stereocenters. The molecule has 0 aromatic carbocycles. The SMILES string of the molecule is COc1cc(C(CN)CNC(=O)OC(C)(C)C)ccn1. The van der Waals surface area contributed by atoms with Gasteiger partial charge in [0.2, 0.25) is 5.88 Å². The van der Waals surface area contributed by atoms with E-state index in [0.717, 1.165) is 5.56 Å². The van der Waals surface area contributed by atoms with Crippen molar-refractivity contribution in [2.45, 2.75) is 32.3 Å². The smallest absolute Gasteiger partial charge is 0.407 e. The normalized spacial score (nSPS) is 12.7. The van der Waals surface area contributed by atoms with Crippen molar-refractivity contribution in [3.8, 4) is 5.88 Å². The Balaban J connectivity index is 2.61. The van der Waals surface area contributed by atoms with E-state index in [2.05, 4.69) is 10.3 Å². The molecule has 0 bridgehead atoms. The van der Waals surface area contributed by atoms with Gasteiger partial charge in [0.1, 0.15) is 5.60 Å². The van der Waals surface area contributed by atoms with Crippen molar-refractivity contribution in [3.05, 3.63) is 23.9 Å². The summed E-state index contributed by atoms with van der Waals surface area (Å²) in [7, 11) is 1.56. The first-order valence-corrected chi connectivity index (χ1v) is 6.52. The predicted molar refractivity (Wildman–Crippen MR) is 76.8 cm³/mol. The molecule has 0 saturated carbocycles. The van der Waals surface area contributed by atoms with Crippen LogP contribution in [-0.2, 0) is 4.74 Å². The molecule has 0 spiro atoms. The first kappa shape index (κ1) is 16.2. The zero-order valence-corrected chi connectivity index (χ0v) is 12.5. The summed E-state index contributed by atoms with van der Waals surface area (Å²) in [5.41, 5.74) is 6.21. The molecule has 0 aliphatic heterocycles. The highest BCUT2D eigenvalue weighted by Gasteiger charge is 2.18. The van der Waals surface area contributed by atoms with E-state index in [-0.39, 0.29) is 5.92 Å². The molecule has 1 aromatic rings. The maximum Gasteiger partial charge on any atom is 0.407 e. The number of hydrogen-bond acceptors (Lipinski definition) is 5. The van der Waals surface area contributed by atoms with E-state index in [1.807, 2.05) is 32.9 Å². The Morgan fingerprint density at radius 3 is 2.75 bits per heavy atom. The summed E-state index contributed by atoms with van der Waals surface area (Å²) < 4.78 is 10.3. The first-order chi connectivity index (χ1) is 9.35. The minimum atomic E-state index is -0.512. The van der Waals surface area contributed by atoms with Crippen molar-refractivity contribution >= 4 is 6.09 Å². The van der Waals surface area contributed by atoms with Crippen LogP contribution >= 0.6 is 0 Å². The highest BCUT2D eigenvalue weighted by molar-refractivity contribution is 5.67. The summed E-state index contributed by atoms with van der Waals surface area (Å²) in [6, 6.07) is 3.67. The topological polar surface area (TPSA) is 86.5 Å². The summed E-state index contributed by atoms with van der Waals surface area (Å²) in [5.74, 6) is 0.512. The van der Waals surface area contributed by atoms with Crippen LogP contribution in [0.4, 0.5) is 4.79 Å². The van der Waals surface area contributed by atoms with E-state index < -0.39 is 11.7 Å². The second kappa shape index (κ2) is 7.09. The van der Waals surface area contributed by atoms with Gasteiger partial charge in [-0.05, 0) is 32.4 Å². The summed E-state index contributed by atoms with van der Waals surface area (Å²) >= 11 is 0. The van der Waals surface area contributed by atoms with Gasteiger partial charge in [-0.2, -0.15) is 0 Å². The van der Waals surface area contributed by atoms with Crippen LogP contribution < -0.4 is 15.8 Å². The fourth-order valence-electron chi connectivity index (χ4n) is 1.65. The molecule has 1 unspecified atom stereocenters. The maximum atomic E-state index is 11.6. The molecule has 6 heteroatoms. The van der Waals surface area contributed by atoms with E-state index >= 15 is 0 Å². The summed E-state index contributed by atoms with van der Waals surface area (Å²) in [5, 5.41) is 2.72. The van der Waals surface area contributed by atoms with Gasteiger partial charge in [0.15, 0.2) is 0 Å². The monoisotopic (exact) mass is 281 g/mol. The van der Waals surface area contributed by atoms with E-state index in [4.69, 9.17) is 15.2 Å². The number of carbonyl (C=O) groups is 1. The number of aromatic nitrogens is 1. The zero-order valence-electron chi connectivity index (χ0n) is 12.5. The highest BCUT2D eigenvalue weighted by Crippen LogP contribution is 2.17. The van der Waals surface area contributed by atoms with Crippen molar-refractivity contribution in [2.24, 2.45) is 5.73 Å². The molecule has 1 aromatic heterocycles. The zero-order chi connectivity index (χ0) is 15.2. The average Bonchev–Trinajstić information content (AvgIpc) is 2.37. The second-order valence-electron chi connectivity index (χ2n) is 5.45. The fraction of sp³-hybridized carbons (Fsp3) is 0.571. The highest BCUT2D eigenvalue weighted by atomic mass is 16.6. The molecule has 0 aliphatic rings. The Hall–Kier alpha value is -1.82. The summed E-state index contributed by atoms with van der Waals surface area (Å²) in [4.78, 5) is 15.7. The molecular weight excluding hydrogens is 258 g/mol. The Labute approximate surface area is 119 Å². The lowest BCUT2D eigenvalue weighted by atomic mass is 10.0. The minimum absolute atomic E-state index is 0.0144. The Bertz CT molecular complexity index is 444. The van der Waals surface area contributed by atoms with Gasteiger partial charge in [-0.3, -0.25) is 0 Å². The third kappa shape index (κ3) is 5.44. The van der Waals surface area contributed by atoms with E-state index in [1.54, 1.807) is 13.3 Å². The number of amides is 1. The molecule has 1 rings (SSSR count). The third-order valence-corrected chi connectivity index (χ3v) is 2.62. The van der Waals surface area contributed by atoms with Gasteiger partial charge in [-0.25, -0.2) is 9.78 Å². The largest absolute Gasteiger partial charge is 0.481 e. The van der Waals surface area contributed by atoms with Crippen LogP contribution in [0.3, 0.4) is 0 Å². The molecule has 0 fully saturated rings. The van der Waals surface area contributed by atoms with Crippen molar-refractivity contribution in [3.63, 3.8) is 0 Å². The molecule has 20 heavy (non-hydrogen) atoms. The quantitative estimate of drug-likeness (QED) is 0.857. The second-order valence-corrected chi connectivity index (χ2v) is 5.45. The van der Waals surface area contributed by atoms with E-state index in [9.17, 15) is 4.79 Å². The van der Waals surface area contributed by atoms with Gasteiger partial charge < -0.3 is 20.5 Å². The standard InChI is InChI=1S/C14H23N3O3/c1-14(2,3)20-13(18)17-9-11(8-15)10-5-6-16-12(7-10)19-4/h5-7,11H,8-9,15H2,1-4H3,(H,17,18). The lowest BCUT2D eigenvalue weighted by Crippen LogP contribution is -2.36. The van der Waals surface area contributed by atoms with Crippen LogP contribution in [0.25, 0.3) is 0 Å². The third-order valence-electron chi connectivity index (χ3n) is 2.62. The number of carbonyl (C=O) groups excluding carboxylic acids is 1. The van der Waals surface area contributed by atoms with Crippen LogP contribution in [0.1, 0.15) is 32.3 Å². The number of nitrogens with one attached hydrogen (secondary N) is 1. The molecule has 3 N–H and O–H groups in total. The molecule has 0 radical (unpaired) electrons. The molecule has 0 saturated heterocycles. The molecule has 0 aliphatic carbocycles. The summed E-state index contributed by atoms with van der Waals surface area (Å²) in [6.07, 6.45) is 1.21. The van der Waals surface area contributed by atoms with E-state index in [1.165, 1.54) is 0 Å². The number of nitrogens with two attached hydrogens (primary N) is 1. The number of alkyl carbamates (subject to hydrolysis) is 1. The van der Waals surface area contributed by atoms with Crippen molar-refractivity contribution in [1.29, 1.82) is 0 Å². The van der Waals surface area contributed by atoms with Gasteiger partial charge in [-0.1, -0.05) is 0 Å². The van der Waals surface area contributed by atoms with Gasteiger partial charge in [0, 0.05) is 31.3 Å². The van der Waals surface area contributed by atoms with Gasteiger partial charge >= 0.3 is 6.09 Å². The fourth-order valence-corrected chi connectivity index (χ4v) is 1.65. The molecule has 6 nitrogen and oxygen atoms in total. The number of nitrogens with zero attached hydrogens (tertiary/aromatic N) is 1. The van der Waals surface area contributed by atoms with Crippen molar-refractivity contribution < 1.29 is 14.3 Å². The minimum Gasteiger partial charge on any atom is -0.481 e. The van der Waals surface area contributed by atoms with E-state index in [0.29, 0.717) is 19.0 Å². The van der Waals surface area contributed by atoms with Crippen molar-refractivity contribution in [1.82, 2.24) is 10.3 Å². The Morgan fingerprint density at radius 2 is 2.20 bits per heavy atom. The van der Waals surface area contributed by atoms with Crippen LogP contribution in [0.5, 0.6) is 5.88 Å². The Morgan fingerprint density at radius 1 is 1.50 bits per heavy atom. The van der Waals surface area contributed by atoms with Crippen LogP contribution in [0, 0.1) is 0 Å². The van der Waals surface area contributed by atoms with Gasteiger partial charge in [0.05, 0.1) is 7.11 Å². The lowest BCUT2D eigenvalue weighted by molar-refractivity contribution is 0.0525. The number of methoxy groups -OCH3 is 1. The number of pyridine rings is 1. The molecular formula is C14H23N3O3. The van der Waals surface area contributed by atoms with Gasteiger partial charge in [0.25, 0.3) is 0 Å². The van der Waals surface area contributed by atoms with Crippen molar-refractivity contribution in [2.75, 3.05) is 20.2 Å². The number of rotatable bonds is 5. The van der Waals surface area contributed by atoms with Crippen LogP contribution in [0.2, 0.25) is 0 Å². The molecule has 1 heterocycles.